The van der Waals surface area contributed by atoms with Gasteiger partial charge < -0.3 is 10.2 Å². The summed E-state index contributed by atoms with van der Waals surface area (Å²) in [5, 5.41) is 3.55. The predicted octanol–water partition coefficient (Wildman–Crippen LogP) is 2.74. The van der Waals surface area contributed by atoms with Gasteiger partial charge in [-0.2, -0.15) is 0 Å². The second-order valence-electron chi connectivity index (χ2n) is 5.83. The second kappa shape index (κ2) is 7.29. The van der Waals surface area contributed by atoms with Gasteiger partial charge in [-0.15, -0.1) is 0 Å². The molecule has 0 spiro atoms. The Balaban J connectivity index is 2.18. The van der Waals surface area contributed by atoms with Crippen molar-refractivity contribution in [3.05, 3.63) is 0 Å². The minimum absolute atomic E-state index is 0.774. The van der Waals surface area contributed by atoms with Crippen LogP contribution >= 0.6 is 0 Å². The molecule has 1 N–H and O–H groups in total. The molecule has 1 fully saturated rings. The Morgan fingerprint density at radius 2 is 2.06 bits per heavy atom. The molecule has 16 heavy (non-hydrogen) atoms. The fraction of sp³-hybridized carbons (Fsp3) is 1.00. The molecule has 0 saturated carbocycles. The Morgan fingerprint density at radius 1 is 1.31 bits per heavy atom. The van der Waals surface area contributed by atoms with Gasteiger partial charge in [0.15, 0.2) is 0 Å². The monoisotopic (exact) mass is 226 g/mol. The maximum absolute atomic E-state index is 3.55. The highest BCUT2D eigenvalue weighted by Crippen LogP contribution is 2.21. The minimum atomic E-state index is 0.774. The van der Waals surface area contributed by atoms with Gasteiger partial charge in [-0.25, -0.2) is 0 Å². The molecule has 1 saturated heterocycles. The van der Waals surface area contributed by atoms with E-state index in [4.69, 9.17) is 0 Å². The topological polar surface area (TPSA) is 15.3 Å². The van der Waals surface area contributed by atoms with E-state index in [9.17, 15) is 0 Å². The van der Waals surface area contributed by atoms with Gasteiger partial charge >= 0.3 is 0 Å². The number of rotatable bonds is 7. The highest BCUT2D eigenvalue weighted by atomic mass is 15.2. The van der Waals surface area contributed by atoms with E-state index >= 15 is 0 Å². The van der Waals surface area contributed by atoms with Crippen LogP contribution in [0.25, 0.3) is 0 Å². The molecule has 0 aromatic heterocycles. The van der Waals surface area contributed by atoms with Crippen LogP contribution in [-0.2, 0) is 0 Å². The van der Waals surface area contributed by atoms with Gasteiger partial charge in [-0.3, -0.25) is 0 Å². The average molecular weight is 226 g/mol. The Bertz CT molecular complexity index is 180. The van der Waals surface area contributed by atoms with Crippen molar-refractivity contribution in [3.8, 4) is 0 Å². The number of hydrogen-bond donors (Lipinski definition) is 1. The third-order valence-corrected chi connectivity index (χ3v) is 3.61. The van der Waals surface area contributed by atoms with Gasteiger partial charge in [-0.05, 0) is 57.7 Å². The molecule has 1 heterocycles. The third kappa shape index (κ3) is 4.84. The van der Waals surface area contributed by atoms with Crippen LogP contribution in [0.15, 0.2) is 0 Å². The lowest BCUT2D eigenvalue weighted by Gasteiger charge is -2.25. The summed E-state index contributed by atoms with van der Waals surface area (Å²) in [6.45, 7) is 14.3. The molecule has 2 nitrogen and oxygen atoms in total. The quantitative estimate of drug-likeness (QED) is 0.672. The molecule has 1 aliphatic heterocycles. The Kier molecular flexibility index (Phi) is 6.37. The van der Waals surface area contributed by atoms with E-state index in [2.05, 4.69) is 37.9 Å². The van der Waals surface area contributed by atoms with E-state index in [1.54, 1.807) is 0 Å². The Labute approximate surface area is 102 Å². The molecule has 2 heteroatoms. The smallest absolute Gasteiger partial charge is 0.00694 e. The minimum Gasteiger partial charge on any atom is -0.316 e. The molecular formula is C14H30N2. The number of nitrogens with zero attached hydrogens (tertiary/aromatic N) is 1. The lowest BCUT2D eigenvalue weighted by Crippen LogP contribution is -2.33. The lowest BCUT2D eigenvalue weighted by atomic mass is 10.0. The van der Waals surface area contributed by atoms with Crippen LogP contribution in [0.1, 0.15) is 47.0 Å². The zero-order valence-corrected chi connectivity index (χ0v) is 11.6. The molecule has 2 unspecified atom stereocenters. The maximum atomic E-state index is 3.55. The molecule has 1 rings (SSSR count). The molecule has 0 aromatic rings. The zero-order valence-electron chi connectivity index (χ0n) is 11.6. The molecule has 96 valence electrons. The van der Waals surface area contributed by atoms with Crippen molar-refractivity contribution < 1.29 is 0 Å². The van der Waals surface area contributed by atoms with E-state index < -0.39 is 0 Å². The summed E-state index contributed by atoms with van der Waals surface area (Å²) in [5.74, 6) is 1.72. The van der Waals surface area contributed by atoms with E-state index in [1.807, 2.05) is 0 Å². The van der Waals surface area contributed by atoms with Crippen molar-refractivity contribution in [2.24, 2.45) is 11.8 Å². The van der Waals surface area contributed by atoms with E-state index in [0.717, 1.165) is 17.9 Å². The van der Waals surface area contributed by atoms with Crippen LogP contribution in [0.4, 0.5) is 0 Å². The first-order valence-corrected chi connectivity index (χ1v) is 7.08. The highest BCUT2D eigenvalue weighted by Gasteiger charge is 2.25. The summed E-state index contributed by atoms with van der Waals surface area (Å²) in [6.07, 6.45) is 3.98. The van der Waals surface area contributed by atoms with E-state index in [-0.39, 0.29) is 0 Å². The first-order valence-electron chi connectivity index (χ1n) is 7.08. The number of hydrogen-bond acceptors (Lipinski definition) is 2. The van der Waals surface area contributed by atoms with Gasteiger partial charge in [0.05, 0.1) is 0 Å². The molecule has 0 aliphatic carbocycles. The van der Waals surface area contributed by atoms with Crippen molar-refractivity contribution in [2.45, 2.75) is 53.0 Å². The summed E-state index contributed by atoms with van der Waals surface area (Å²) in [7, 11) is 0. The zero-order chi connectivity index (χ0) is 12.0. The van der Waals surface area contributed by atoms with E-state index in [0.29, 0.717) is 0 Å². The fourth-order valence-corrected chi connectivity index (χ4v) is 2.74. The summed E-state index contributed by atoms with van der Waals surface area (Å²) in [5.41, 5.74) is 0. The lowest BCUT2D eigenvalue weighted by molar-refractivity contribution is 0.220. The number of likely N-dealkylation sites (tertiary alicyclic amines) is 1. The molecule has 0 aromatic carbocycles. The van der Waals surface area contributed by atoms with Gasteiger partial charge in [-0.1, -0.05) is 20.8 Å². The van der Waals surface area contributed by atoms with Crippen LogP contribution in [0.2, 0.25) is 0 Å². The van der Waals surface area contributed by atoms with E-state index in [1.165, 1.54) is 45.4 Å². The van der Waals surface area contributed by atoms with Crippen LogP contribution < -0.4 is 5.32 Å². The van der Waals surface area contributed by atoms with Crippen LogP contribution in [0.3, 0.4) is 0 Å². The molecule has 0 radical (unpaired) electrons. The molecule has 2 atom stereocenters. The van der Waals surface area contributed by atoms with Crippen LogP contribution in [-0.4, -0.2) is 37.1 Å². The van der Waals surface area contributed by atoms with Gasteiger partial charge in [0, 0.05) is 12.6 Å². The fourth-order valence-electron chi connectivity index (χ4n) is 2.74. The molecule has 1 aliphatic rings. The van der Waals surface area contributed by atoms with Crippen molar-refractivity contribution in [3.63, 3.8) is 0 Å². The van der Waals surface area contributed by atoms with Gasteiger partial charge in [0.1, 0.15) is 0 Å². The highest BCUT2D eigenvalue weighted by molar-refractivity contribution is 4.81. The predicted molar refractivity (Wildman–Crippen MR) is 71.8 cm³/mol. The second-order valence-corrected chi connectivity index (χ2v) is 5.83. The number of nitrogens with one attached hydrogen (secondary N) is 1. The molecule has 0 amide bonds. The largest absolute Gasteiger partial charge is 0.316 e. The Morgan fingerprint density at radius 3 is 2.69 bits per heavy atom. The Hall–Kier alpha value is -0.0800. The maximum Gasteiger partial charge on any atom is 0.00694 e. The molecule has 0 bridgehead atoms. The van der Waals surface area contributed by atoms with Crippen molar-refractivity contribution >= 4 is 0 Å². The van der Waals surface area contributed by atoms with Crippen LogP contribution in [0, 0.1) is 11.8 Å². The van der Waals surface area contributed by atoms with Crippen molar-refractivity contribution in [1.82, 2.24) is 10.2 Å². The standard InChI is InChI=1S/C14H30N2/c1-5-7-15-10-14-6-8-16(11-14)13(4)9-12(2)3/h12-15H,5-11H2,1-4H3. The average Bonchev–Trinajstić information content (AvgIpc) is 2.66. The summed E-state index contributed by atoms with van der Waals surface area (Å²) in [4.78, 5) is 2.68. The summed E-state index contributed by atoms with van der Waals surface area (Å²) < 4.78 is 0. The first-order chi connectivity index (χ1) is 7.63. The van der Waals surface area contributed by atoms with Crippen molar-refractivity contribution in [1.29, 1.82) is 0 Å². The third-order valence-electron chi connectivity index (χ3n) is 3.61. The normalized spacial score (nSPS) is 24.2. The molecular weight excluding hydrogens is 196 g/mol. The summed E-state index contributed by atoms with van der Waals surface area (Å²) >= 11 is 0. The van der Waals surface area contributed by atoms with Crippen molar-refractivity contribution in [2.75, 3.05) is 26.2 Å². The SMILES string of the molecule is CCCNCC1CCN(C(C)CC(C)C)C1. The summed E-state index contributed by atoms with van der Waals surface area (Å²) in [6, 6.07) is 0.774. The van der Waals surface area contributed by atoms with Gasteiger partial charge in [0.25, 0.3) is 0 Å². The van der Waals surface area contributed by atoms with Crippen LogP contribution in [0.5, 0.6) is 0 Å². The first kappa shape index (κ1) is 14.0. The van der Waals surface area contributed by atoms with Gasteiger partial charge in [0.2, 0.25) is 0 Å².